The van der Waals surface area contributed by atoms with Crippen molar-refractivity contribution in [1.82, 2.24) is 0 Å². The summed E-state index contributed by atoms with van der Waals surface area (Å²) in [6.07, 6.45) is -1.23. The number of carbonyl (C=O) groups excluding carboxylic acids is 1. The van der Waals surface area contributed by atoms with E-state index in [9.17, 15) is 9.90 Å². The molecule has 0 radical (unpaired) electrons. The van der Waals surface area contributed by atoms with E-state index in [0.717, 1.165) is 5.46 Å². The second kappa shape index (κ2) is 5.53. The van der Waals surface area contributed by atoms with E-state index >= 15 is 0 Å². The van der Waals surface area contributed by atoms with Gasteiger partial charge in [0.2, 0.25) is 0 Å². The second-order valence-electron chi connectivity index (χ2n) is 7.96. The minimum atomic E-state index is -1.23. The van der Waals surface area contributed by atoms with Crippen LogP contribution >= 0.6 is 0 Å². The van der Waals surface area contributed by atoms with Gasteiger partial charge < -0.3 is 24.1 Å². The number of hydrogen-bond acceptors (Lipinski definition) is 4. The van der Waals surface area contributed by atoms with Gasteiger partial charge in [-0.05, 0) is 66.1 Å². The molecule has 0 aromatic heterocycles. The summed E-state index contributed by atoms with van der Waals surface area (Å²) in [5, 5.41) is 11.5. The zero-order valence-corrected chi connectivity index (χ0v) is 15.0. The molecular weight excluding hydrogens is 293 g/mol. The molecule has 1 heterocycles. The lowest BCUT2D eigenvalue weighted by atomic mass is 9.79. The summed E-state index contributed by atoms with van der Waals surface area (Å²) in [5.74, 6) is 0. The Kier molecular flexibility index (Phi) is 4.28. The molecule has 1 aliphatic rings. The van der Waals surface area contributed by atoms with Crippen LogP contribution in [-0.4, -0.2) is 30.0 Å². The highest BCUT2D eigenvalue weighted by Gasteiger charge is 2.51. The van der Waals surface area contributed by atoms with Crippen LogP contribution in [0.15, 0.2) is 24.3 Å². The van der Waals surface area contributed by atoms with Gasteiger partial charge in [0.15, 0.2) is 0 Å². The lowest BCUT2D eigenvalue weighted by molar-refractivity contribution is -0.247. The summed E-state index contributed by atoms with van der Waals surface area (Å²) >= 11 is 0. The van der Waals surface area contributed by atoms with Crippen molar-refractivity contribution in [3.63, 3.8) is 0 Å². The third-order valence-corrected chi connectivity index (χ3v) is 4.51. The maximum atomic E-state index is 11.5. The van der Waals surface area contributed by atoms with Gasteiger partial charge in [0, 0.05) is 11.2 Å². The Morgan fingerprint density at radius 1 is 1.13 bits per heavy atom. The number of anilines is 1. The molecule has 1 aliphatic heterocycles. The molecule has 2 rings (SSSR count). The SMILES string of the molecule is CC(C)(C)N(C(=O)[O-])c1cccc(B2OC(C)(C)C(C)(C)O2)c1. The molecule has 1 aromatic carbocycles. The fourth-order valence-electron chi connectivity index (χ4n) is 2.56. The summed E-state index contributed by atoms with van der Waals surface area (Å²) in [6.45, 7) is 13.4. The molecule has 23 heavy (non-hydrogen) atoms. The minimum absolute atomic E-state index is 0.439. The van der Waals surface area contributed by atoms with Crippen LogP contribution in [0.1, 0.15) is 48.5 Å². The summed E-state index contributed by atoms with van der Waals surface area (Å²) in [5.41, 5.74) is -0.147. The minimum Gasteiger partial charge on any atom is -0.530 e. The van der Waals surface area contributed by atoms with Crippen molar-refractivity contribution in [2.45, 2.75) is 65.2 Å². The third-order valence-electron chi connectivity index (χ3n) is 4.51. The number of nitrogens with zero attached hydrogens (tertiary/aromatic N) is 1. The molecule has 126 valence electrons. The van der Waals surface area contributed by atoms with Crippen LogP contribution in [0, 0.1) is 0 Å². The second-order valence-corrected chi connectivity index (χ2v) is 7.96. The summed E-state index contributed by atoms with van der Waals surface area (Å²) in [6, 6.07) is 7.21. The van der Waals surface area contributed by atoms with Gasteiger partial charge in [0.25, 0.3) is 0 Å². The average Bonchev–Trinajstić information content (AvgIpc) is 2.56. The van der Waals surface area contributed by atoms with Gasteiger partial charge in [0.05, 0.1) is 11.2 Å². The normalized spacial score (nSPS) is 19.7. The highest BCUT2D eigenvalue weighted by Crippen LogP contribution is 2.36. The van der Waals surface area contributed by atoms with Gasteiger partial charge >= 0.3 is 7.12 Å². The van der Waals surface area contributed by atoms with Gasteiger partial charge in [-0.15, -0.1) is 0 Å². The van der Waals surface area contributed by atoms with Crippen molar-refractivity contribution >= 4 is 24.4 Å². The summed E-state index contributed by atoms with van der Waals surface area (Å²) in [7, 11) is -0.525. The predicted molar refractivity (Wildman–Crippen MR) is 89.8 cm³/mol. The number of carboxylic acid groups (broad SMARTS) is 1. The summed E-state index contributed by atoms with van der Waals surface area (Å²) < 4.78 is 12.1. The predicted octanol–water partition coefficient (Wildman–Crippen LogP) is 1.93. The molecular formula is C17H25BNO4-. The number of rotatable bonds is 2. The first-order valence-electron chi connectivity index (χ1n) is 7.82. The number of amides is 1. The van der Waals surface area contributed by atoms with Gasteiger partial charge in [-0.25, -0.2) is 0 Å². The molecule has 6 heteroatoms. The van der Waals surface area contributed by atoms with Gasteiger partial charge in [-0.2, -0.15) is 0 Å². The van der Waals surface area contributed by atoms with E-state index in [1.54, 1.807) is 18.2 Å². The highest BCUT2D eigenvalue weighted by atomic mass is 16.7. The molecule has 0 N–H and O–H groups in total. The fourth-order valence-corrected chi connectivity index (χ4v) is 2.56. The Hall–Kier alpha value is -1.53. The van der Waals surface area contributed by atoms with Crippen LogP contribution < -0.4 is 15.5 Å². The largest absolute Gasteiger partial charge is 0.530 e. The van der Waals surface area contributed by atoms with Crippen molar-refractivity contribution in [3.8, 4) is 0 Å². The molecule has 0 spiro atoms. The van der Waals surface area contributed by atoms with E-state index in [1.807, 2.05) is 54.5 Å². The maximum Gasteiger partial charge on any atom is 0.494 e. The van der Waals surface area contributed by atoms with E-state index in [2.05, 4.69) is 0 Å². The molecule has 0 bridgehead atoms. The Balaban J connectivity index is 2.37. The molecule has 1 fully saturated rings. The van der Waals surface area contributed by atoms with Crippen LogP contribution in [0.2, 0.25) is 0 Å². The first-order chi connectivity index (χ1) is 10.3. The van der Waals surface area contributed by atoms with Crippen molar-refractivity contribution in [1.29, 1.82) is 0 Å². The van der Waals surface area contributed by atoms with Crippen molar-refractivity contribution in [2.24, 2.45) is 0 Å². The lowest BCUT2D eigenvalue weighted by Gasteiger charge is -2.38. The van der Waals surface area contributed by atoms with Gasteiger partial charge in [-0.3, -0.25) is 0 Å². The Morgan fingerprint density at radius 2 is 1.65 bits per heavy atom. The molecule has 1 saturated heterocycles. The first kappa shape index (κ1) is 17.8. The van der Waals surface area contributed by atoms with Crippen molar-refractivity contribution in [2.75, 3.05) is 4.90 Å². The van der Waals surface area contributed by atoms with Crippen LogP contribution in [0.25, 0.3) is 0 Å². The number of carbonyl (C=O) groups is 1. The topological polar surface area (TPSA) is 61.8 Å². The standard InChI is InChI=1S/C17H26BNO4/c1-15(2,3)19(14(20)21)13-10-8-9-12(11-13)18-22-16(4,5)17(6,7)23-18/h8-11H,1-7H3,(H,20,21)/p-1. The molecule has 0 atom stereocenters. The molecule has 5 nitrogen and oxygen atoms in total. The van der Waals surface area contributed by atoms with E-state index in [4.69, 9.17) is 9.31 Å². The fraction of sp³-hybridized carbons (Fsp3) is 0.588. The van der Waals surface area contributed by atoms with Crippen LogP contribution in [0.5, 0.6) is 0 Å². The van der Waals surface area contributed by atoms with Crippen LogP contribution in [-0.2, 0) is 9.31 Å². The smallest absolute Gasteiger partial charge is 0.494 e. The van der Waals surface area contributed by atoms with Crippen LogP contribution in [0.4, 0.5) is 10.5 Å². The van der Waals surface area contributed by atoms with Crippen molar-refractivity contribution in [3.05, 3.63) is 24.3 Å². The monoisotopic (exact) mass is 318 g/mol. The lowest BCUT2D eigenvalue weighted by Crippen LogP contribution is -2.52. The molecule has 0 aliphatic carbocycles. The molecule has 1 amide bonds. The Morgan fingerprint density at radius 3 is 2.09 bits per heavy atom. The maximum absolute atomic E-state index is 11.5. The van der Waals surface area contributed by atoms with Gasteiger partial charge in [0.1, 0.15) is 6.09 Å². The van der Waals surface area contributed by atoms with E-state index in [0.29, 0.717) is 5.69 Å². The summed E-state index contributed by atoms with van der Waals surface area (Å²) in [4.78, 5) is 12.8. The quantitative estimate of drug-likeness (QED) is 0.782. The molecule has 0 saturated carbocycles. The number of benzene rings is 1. The van der Waals surface area contributed by atoms with Crippen LogP contribution in [0.3, 0.4) is 0 Å². The zero-order chi connectivity index (χ0) is 17.6. The zero-order valence-electron chi connectivity index (χ0n) is 15.0. The third kappa shape index (κ3) is 3.38. The molecule has 0 unspecified atom stereocenters. The first-order valence-corrected chi connectivity index (χ1v) is 7.82. The van der Waals surface area contributed by atoms with E-state index < -0.39 is 30.0 Å². The number of hydrogen-bond donors (Lipinski definition) is 0. The molecule has 1 aromatic rings. The van der Waals surface area contributed by atoms with E-state index in [1.165, 1.54) is 4.90 Å². The Labute approximate surface area is 138 Å². The highest BCUT2D eigenvalue weighted by molar-refractivity contribution is 6.62. The average molecular weight is 318 g/mol. The van der Waals surface area contributed by atoms with Gasteiger partial charge in [-0.1, -0.05) is 12.1 Å². The van der Waals surface area contributed by atoms with Crippen molar-refractivity contribution < 1.29 is 19.2 Å². The van der Waals surface area contributed by atoms with E-state index in [-0.39, 0.29) is 0 Å². The Bertz CT molecular complexity index is 591.